The number of carbonyl (C=O) groups excluding carboxylic acids is 1. The number of nitrogens with one attached hydrogen (secondary N) is 2. The SMILES string of the molecule is O=C(COC1CCNCC1)NC1CCc2ccccc21. The molecule has 1 atom stereocenters. The second kappa shape index (κ2) is 6.37. The third-order valence-electron chi connectivity index (χ3n) is 4.20. The lowest BCUT2D eigenvalue weighted by atomic mass is 10.1. The highest BCUT2D eigenvalue weighted by atomic mass is 16.5. The molecule has 1 amide bonds. The van der Waals surface area contributed by atoms with Crippen LogP contribution >= 0.6 is 0 Å². The summed E-state index contributed by atoms with van der Waals surface area (Å²) in [4.78, 5) is 12.0. The van der Waals surface area contributed by atoms with Gasteiger partial charge in [0.15, 0.2) is 0 Å². The van der Waals surface area contributed by atoms with E-state index >= 15 is 0 Å². The Hall–Kier alpha value is -1.39. The number of hydrogen-bond donors (Lipinski definition) is 2. The van der Waals surface area contributed by atoms with Gasteiger partial charge >= 0.3 is 0 Å². The van der Waals surface area contributed by atoms with Crippen molar-refractivity contribution in [2.75, 3.05) is 19.7 Å². The molecular weight excluding hydrogens is 252 g/mol. The molecule has 1 aliphatic carbocycles. The fraction of sp³-hybridized carbons (Fsp3) is 0.562. The number of hydrogen-bond acceptors (Lipinski definition) is 3. The van der Waals surface area contributed by atoms with Gasteiger partial charge in [-0.05, 0) is 49.9 Å². The van der Waals surface area contributed by atoms with E-state index in [2.05, 4.69) is 28.8 Å². The van der Waals surface area contributed by atoms with E-state index in [0.717, 1.165) is 38.8 Å². The Balaban J connectivity index is 1.47. The molecule has 1 unspecified atom stereocenters. The van der Waals surface area contributed by atoms with Crippen molar-refractivity contribution in [1.82, 2.24) is 10.6 Å². The summed E-state index contributed by atoms with van der Waals surface area (Å²) in [6.45, 7) is 2.16. The smallest absolute Gasteiger partial charge is 0.246 e. The van der Waals surface area contributed by atoms with Crippen LogP contribution in [0.3, 0.4) is 0 Å². The lowest BCUT2D eigenvalue weighted by molar-refractivity contribution is -0.129. The number of benzene rings is 1. The first-order chi connectivity index (χ1) is 9.83. The summed E-state index contributed by atoms with van der Waals surface area (Å²) in [6.07, 6.45) is 4.28. The van der Waals surface area contributed by atoms with Crippen molar-refractivity contribution < 1.29 is 9.53 Å². The van der Waals surface area contributed by atoms with Gasteiger partial charge in [0, 0.05) is 0 Å². The van der Waals surface area contributed by atoms with Crippen molar-refractivity contribution in [3.05, 3.63) is 35.4 Å². The zero-order chi connectivity index (χ0) is 13.8. The second-order valence-electron chi connectivity index (χ2n) is 5.62. The molecule has 1 aromatic rings. The van der Waals surface area contributed by atoms with E-state index in [1.165, 1.54) is 11.1 Å². The van der Waals surface area contributed by atoms with Gasteiger partial charge in [0.2, 0.25) is 5.91 Å². The van der Waals surface area contributed by atoms with Crippen molar-refractivity contribution in [1.29, 1.82) is 0 Å². The van der Waals surface area contributed by atoms with E-state index in [-0.39, 0.29) is 24.7 Å². The predicted octanol–water partition coefficient (Wildman–Crippen LogP) is 1.56. The summed E-state index contributed by atoms with van der Waals surface area (Å²) in [7, 11) is 0. The fourth-order valence-electron chi connectivity index (χ4n) is 3.10. The molecule has 2 N–H and O–H groups in total. The molecule has 0 bridgehead atoms. The van der Waals surface area contributed by atoms with Gasteiger partial charge in [0.05, 0.1) is 12.1 Å². The second-order valence-corrected chi connectivity index (χ2v) is 5.62. The number of rotatable bonds is 4. The lowest BCUT2D eigenvalue weighted by Crippen LogP contribution is -2.36. The van der Waals surface area contributed by atoms with Gasteiger partial charge in [-0.3, -0.25) is 4.79 Å². The molecule has 20 heavy (non-hydrogen) atoms. The Labute approximate surface area is 119 Å². The van der Waals surface area contributed by atoms with Crippen molar-refractivity contribution in [2.45, 2.75) is 37.8 Å². The van der Waals surface area contributed by atoms with Crippen LogP contribution in [0.4, 0.5) is 0 Å². The van der Waals surface area contributed by atoms with Crippen LogP contribution in [0, 0.1) is 0 Å². The van der Waals surface area contributed by atoms with Gasteiger partial charge in [-0.1, -0.05) is 24.3 Å². The predicted molar refractivity (Wildman–Crippen MR) is 77.5 cm³/mol. The largest absolute Gasteiger partial charge is 0.368 e. The van der Waals surface area contributed by atoms with E-state index < -0.39 is 0 Å². The Bertz CT molecular complexity index is 469. The van der Waals surface area contributed by atoms with Gasteiger partial charge in [0.1, 0.15) is 6.61 Å². The van der Waals surface area contributed by atoms with E-state index in [4.69, 9.17) is 4.74 Å². The first kappa shape index (κ1) is 13.6. The highest BCUT2D eigenvalue weighted by Gasteiger charge is 2.23. The van der Waals surface area contributed by atoms with Crippen molar-refractivity contribution >= 4 is 5.91 Å². The number of piperidine rings is 1. The molecule has 1 saturated heterocycles. The zero-order valence-electron chi connectivity index (χ0n) is 11.7. The van der Waals surface area contributed by atoms with Gasteiger partial charge in [-0.15, -0.1) is 0 Å². The van der Waals surface area contributed by atoms with E-state index in [1.54, 1.807) is 0 Å². The number of ether oxygens (including phenoxy) is 1. The maximum absolute atomic E-state index is 12.0. The van der Waals surface area contributed by atoms with Gasteiger partial charge in [-0.2, -0.15) is 0 Å². The Morgan fingerprint density at radius 2 is 2.05 bits per heavy atom. The standard InChI is InChI=1S/C16H22N2O2/c19-16(11-20-13-7-9-17-10-8-13)18-15-6-5-12-3-1-2-4-14(12)15/h1-4,13,15,17H,5-11H2,(H,18,19). The van der Waals surface area contributed by atoms with E-state index in [0.29, 0.717) is 0 Å². The Morgan fingerprint density at radius 3 is 2.90 bits per heavy atom. The number of aryl methyl sites for hydroxylation is 1. The molecular formula is C16H22N2O2. The minimum absolute atomic E-state index is 0.00485. The normalized spacial score (nSPS) is 22.5. The monoisotopic (exact) mass is 274 g/mol. The third kappa shape index (κ3) is 3.19. The molecule has 4 nitrogen and oxygen atoms in total. The van der Waals surface area contributed by atoms with Crippen LogP contribution in [0.5, 0.6) is 0 Å². The lowest BCUT2D eigenvalue weighted by Gasteiger charge is -2.23. The molecule has 1 heterocycles. The van der Waals surface area contributed by atoms with Crippen LogP contribution in [-0.4, -0.2) is 31.7 Å². The van der Waals surface area contributed by atoms with Crippen LogP contribution < -0.4 is 10.6 Å². The topological polar surface area (TPSA) is 50.4 Å². The maximum atomic E-state index is 12.0. The van der Waals surface area contributed by atoms with Gasteiger partial charge < -0.3 is 15.4 Å². The van der Waals surface area contributed by atoms with Crippen molar-refractivity contribution in [2.24, 2.45) is 0 Å². The molecule has 4 heteroatoms. The summed E-state index contributed by atoms with van der Waals surface area (Å²) in [5, 5.41) is 6.39. The van der Waals surface area contributed by atoms with E-state index in [1.807, 2.05) is 6.07 Å². The first-order valence-electron chi connectivity index (χ1n) is 7.52. The number of amides is 1. The average Bonchev–Trinajstić information content (AvgIpc) is 2.90. The molecule has 3 rings (SSSR count). The summed E-state index contributed by atoms with van der Waals surface area (Å²) >= 11 is 0. The average molecular weight is 274 g/mol. The fourth-order valence-corrected chi connectivity index (χ4v) is 3.10. The molecule has 1 aromatic carbocycles. The molecule has 0 saturated carbocycles. The Morgan fingerprint density at radius 1 is 1.25 bits per heavy atom. The molecule has 0 aromatic heterocycles. The quantitative estimate of drug-likeness (QED) is 0.876. The highest BCUT2D eigenvalue weighted by Crippen LogP contribution is 2.30. The van der Waals surface area contributed by atoms with Crippen LogP contribution in [0.15, 0.2) is 24.3 Å². The minimum Gasteiger partial charge on any atom is -0.368 e. The summed E-state index contributed by atoms with van der Waals surface area (Å²) in [5.74, 6) is 0.00485. The summed E-state index contributed by atoms with van der Waals surface area (Å²) in [6, 6.07) is 8.52. The first-order valence-corrected chi connectivity index (χ1v) is 7.52. The highest BCUT2D eigenvalue weighted by molar-refractivity contribution is 5.77. The zero-order valence-corrected chi connectivity index (χ0v) is 11.7. The van der Waals surface area contributed by atoms with Crippen LogP contribution in [0.25, 0.3) is 0 Å². The van der Waals surface area contributed by atoms with Gasteiger partial charge in [-0.25, -0.2) is 0 Å². The molecule has 1 aliphatic heterocycles. The molecule has 2 aliphatic rings. The minimum atomic E-state index is 0.00485. The molecule has 0 radical (unpaired) electrons. The van der Waals surface area contributed by atoms with Crippen LogP contribution in [-0.2, 0) is 16.0 Å². The van der Waals surface area contributed by atoms with Crippen molar-refractivity contribution in [3.63, 3.8) is 0 Å². The van der Waals surface area contributed by atoms with Gasteiger partial charge in [0.25, 0.3) is 0 Å². The molecule has 1 fully saturated rings. The summed E-state index contributed by atoms with van der Waals surface area (Å²) in [5.41, 5.74) is 2.62. The van der Waals surface area contributed by atoms with Crippen LogP contribution in [0.1, 0.15) is 36.4 Å². The summed E-state index contributed by atoms with van der Waals surface area (Å²) < 4.78 is 5.69. The van der Waals surface area contributed by atoms with E-state index in [9.17, 15) is 4.79 Å². The van der Waals surface area contributed by atoms with Crippen LogP contribution in [0.2, 0.25) is 0 Å². The maximum Gasteiger partial charge on any atom is 0.246 e. The van der Waals surface area contributed by atoms with Crippen molar-refractivity contribution in [3.8, 4) is 0 Å². The molecule has 108 valence electrons. The third-order valence-corrected chi connectivity index (χ3v) is 4.20. The number of fused-ring (bicyclic) bond motifs is 1. The Kier molecular flexibility index (Phi) is 4.33. The number of carbonyl (C=O) groups is 1. The molecule has 0 spiro atoms.